The van der Waals surface area contributed by atoms with Crippen LogP contribution in [0.2, 0.25) is 0 Å². The van der Waals surface area contributed by atoms with Crippen molar-refractivity contribution in [2.24, 2.45) is 5.92 Å². The van der Waals surface area contributed by atoms with Crippen LogP contribution in [0.4, 0.5) is 0 Å². The molecule has 0 radical (unpaired) electrons. The molecule has 0 aliphatic carbocycles. The smallest absolute Gasteiger partial charge is 0.261 e. The third-order valence-electron chi connectivity index (χ3n) is 4.81. The number of hydrogen-bond donors (Lipinski definition) is 2. The number of sulfonamides is 1. The average Bonchev–Trinajstić information content (AvgIpc) is 3.25. The zero-order valence-corrected chi connectivity index (χ0v) is 15.6. The van der Waals surface area contributed by atoms with Crippen molar-refractivity contribution >= 4 is 27.3 Å². The summed E-state index contributed by atoms with van der Waals surface area (Å²) in [5, 5.41) is 6.22. The fraction of sp³-hybridized carbons (Fsp3) is 0.688. The van der Waals surface area contributed by atoms with Crippen molar-refractivity contribution in [3.63, 3.8) is 0 Å². The van der Waals surface area contributed by atoms with Crippen LogP contribution in [0.1, 0.15) is 42.3 Å². The molecule has 2 fully saturated rings. The predicted octanol–water partition coefficient (Wildman–Crippen LogP) is 1.65. The lowest BCUT2D eigenvalue weighted by Crippen LogP contribution is -2.37. The summed E-state index contributed by atoms with van der Waals surface area (Å²) in [5.41, 5.74) is 0. The summed E-state index contributed by atoms with van der Waals surface area (Å²) in [7, 11) is -3.47. The molecule has 1 amide bonds. The zero-order valence-electron chi connectivity index (χ0n) is 14.0. The second-order valence-electron chi connectivity index (χ2n) is 6.71. The summed E-state index contributed by atoms with van der Waals surface area (Å²) < 4.78 is 27.2. The number of hydrogen-bond acceptors (Lipinski definition) is 5. The molecule has 0 saturated carbocycles. The van der Waals surface area contributed by atoms with Gasteiger partial charge in [0.15, 0.2) is 0 Å². The molecule has 1 atom stereocenters. The fourth-order valence-electron chi connectivity index (χ4n) is 3.17. The van der Waals surface area contributed by atoms with Gasteiger partial charge in [-0.25, -0.2) is 8.42 Å². The Labute approximate surface area is 147 Å². The lowest BCUT2D eigenvalue weighted by molar-refractivity contribution is 0.0954. The molecule has 0 aromatic carbocycles. The first-order valence-electron chi connectivity index (χ1n) is 8.58. The number of piperidine rings is 1. The third-order valence-corrected chi connectivity index (χ3v) is 8.26. The van der Waals surface area contributed by atoms with Crippen LogP contribution in [0.25, 0.3) is 0 Å². The summed E-state index contributed by atoms with van der Waals surface area (Å²) >= 11 is 1.06. The molecule has 6 nitrogen and oxygen atoms in total. The molecular formula is C16H25N3O3S2. The molecule has 1 unspecified atom stereocenters. The van der Waals surface area contributed by atoms with Gasteiger partial charge in [-0.05, 0) is 50.3 Å². The topological polar surface area (TPSA) is 78.5 Å². The van der Waals surface area contributed by atoms with Crippen LogP contribution in [-0.4, -0.2) is 50.9 Å². The summed E-state index contributed by atoms with van der Waals surface area (Å²) in [4.78, 5) is 12.7. The third kappa shape index (κ3) is 3.99. The maximum absolute atomic E-state index is 12.7. The van der Waals surface area contributed by atoms with Crippen molar-refractivity contribution < 1.29 is 13.2 Å². The van der Waals surface area contributed by atoms with E-state index < -0.39 is 10.0 Å². The molecule has 2 N–H and O–H groups in total. The number of nitrogens with one attached hydrogen (secondary N) is 2. The Kier molecular flexibility index (Phi) is 5.59. The van der Waals surface area contributed by atoms with E-state index in [1.54, 1.807) is 16.4 Å². The summed E-state index contributed by atoms with van der Waals surface area (Å²) in [6.07, 6.45) is 3.99. The van der Waals surface area contributed by atoms with E-state index in [2.05, 4.69) is 17.6 Å². The van der Waals surface area contributed by atoms with E-state index in [4.69, 9.17) is 0 Å². The maximum atomic E-state index is 12.7. The highest BCUT2D eigenvalue weighted by Gasteiger charge is 2.30. The molecule has 24 heavy (non-hydrogen) atoms. The van der Waals surface area contributed by atoms with Gasteiger partial charge in [0.05, 0.1) is 4.88 Å². The van der Waals surface area contributed by atoms with Crippen LogP contribution in [-0.2, 0) is 10.0 Å². The van der Waals surface area contributed by atoms with Gasteiger partial charge in [0.25, 0.3) is 15.9 Å². The van der Waals surface area contributed by atoms with Crippen LogP contribution < -0.4 is 10.6 Å². The van der Waals surface area contributed by atoms with Gasteiger partial charge in [0.1, 0.15) is 4.21 Å². The molecule has 8 heteroatoms. The van der Waals surface area contributed by atoms with Gasteiger partial charge in [-0.2, -0.15) is 4.31 Å². The molecule has 0 bridgehead atoms. The van der Waals surface area contributed by atoms with Crippen LogP contribution in [0, 0.1) is 5.92 Å². The lowest BCUT2D eigenvalue weighted by atomic mass is 10.0. The highest BCUT2D eigenvalue weighted by molar-refractivity contribution is 7.91. The standard InChI is InChI=1S/C16H25N3O3S2/c1-12-6-9-19(10-7-12)24(21,22)15-5-4-14(23-15)16(20)18-11-13-3-2-8-17-13/h4-5,12-13,17H,2-3,6-11H2,1H3,(H,18,20). The first kappa shape index (κ1) is 17.8. The molecular weight excluding hydrogens is 346 g/mol. The largest absolute Gasteiger partial charge is 0.350 e. The van der Waals surface area contributed by atoms with Crippen molar-refractivity contribution in [2.75, 3.05) is 26.2 Å². The number of carbonyl (C=O) groups excluding carboxylic acids is 1. The molecule has 0 spiro atoms. The number of nitrogens with zero attached hydrogens (tertiary/aromatic N) is 1. The summed E-state index contributed by atoms with van der Waals surface area (Å²) in [6.45, 7) is 4.86. The highest BCUT2D eigenvalue weighted by atomic mass is 32.2. The molecule has 3 heterocycles. The van der Waals surface area contributed by atoms with Crippen molar-refractivity contribution in [1.29, 1.82) is 0 Å². The average molecular weight is 372 g/mol. The Morgan fingerprint density at radius 1 is 1.33 bits per heavy atom. The monoisotopic (exact) mass is 371 g/mol. The first-order chi connectivity index (χ1) is 11.5. The van der Waals surface area contributed by atoms with E-state index in [9.17, 15) is 13.2 Å². The minimum Gasteiger partial charge on any atom is -0.350 e. The van der Waals surface area contributed by atoms with Crippen LogP contribution >= 0.6 is 11.3 Å². The molecule has 2 aliphatic rings. The van der Waals surface area contributed by atoms with Gasteiger partial charge in [0.2, 0.25) is 0 Å². The van der Waals surface area contributed by atoms with E-state index >= 15 is 0 Å². The normalized spacial score (nSPS) is 23.5. The number of thiophene rings is 1. The lowest BCUT2D eigenvalue weighted by Gasteiger charge is -2.28. The van der Waals surface area contributed by atoms with E-state index in [1.165, 1.54) is 0 Å². The number of carbonyl (C=O) groups is 1. The molecule has 1 aromatic heterocycles. The molecule has 2 saturated heterocycles. The second-order valence-corrected chi connectivity index (χ2v) is 9.96. The molecule has 134 valence electrons. The van der Waals surface area contributed by atoms with Gasteiger partial charge in [-0.3, -0.25) is 4.79 Å². The van der Waals surface area contributed by atoms with E-state index in [1.807, 2.05) is 0 Å². The summed E-state index contributed by atoms with van der Waals surface area (Å²) in [6, 6.07) is 3.50. The second kappa shape index (κ2) is 7.51. The van der Waals surface area contributed by atoms with Crippen molar-refractivity contribution in [1.82, 2.24) is 14.9 Å². The van der Waals surface area contributed by atoms with Crippen LogP contribution in [0.15, 0.2) is 16.3 Å². The van der Waals surface area contributed by atoms with Gasteiger partial charge < -0.3 is 10.6 Å². The van der Waals surface area contributed by atoms with Gasteiger partial charge in [-0.15, -0.1) is 11.3 Å². The van der Waals surface area contributed by atoms with Gasteiger partial charge in [-0.1, -0.05) is 6.92 Å². The minimum absolute atomic E-state index is 0.192. The Morgan fingerprint density at radius 3 is 2.75 bits per heavy atom. The van der Waals surface area contributed by atoms with E-state index in [0.717, 1.165) is 43.6 Å². The van der Waals surface area contributed by atoms with Crippen LogP contribution in [0.3, 0.4) is 0 Å². The quantitative estimate of drug-likeness (QED) is 0.825. The number of rotatable bonds is 5. The fourth-order valence-corrected chi connectivity index (χ4v) is 6.01. The Morgan fingerprint density at radius 2 is 2.08 bits per heavy atom. The zero-order chi connectivity index (χ0) is 17.2. The molecule has 2 aliphatic heterocycles. The van der Waals surface area contributed by atoms with Gasteiger partial charge >= 0.3 is 0 Å². The Bertz CT molecular complexity index is 672. The van der Waals surface area contributed by atoms with E-state index in [0.29, 0.717) is 36.5 Å². The van der Waals surface area contributed by atoms with Crippen molar-refractivity contribution in [2.45, 2.75) is 42.9 Å². The Balaban J connectivity index is 1.62. The first-order valence-corrected chi connectivity index (χ1v) is 10.8. The van der Waals surface area contributed by atoms with Crippen molar-refractivity contribution in [3.8, 4) is 0 Å². The minimum atomic E-state index is -3.47. The predicted molar refractivity (Wildman–Crippen MR) is 94.8 cm³/mol. The molecule has 3 rings (SSSR count). The van der Waals surface area contributed by atoms with E-state index in [-0.39, 0.29) is 10.1 Å². The SMILES string of the molecule is CC1CCN(S(=O)(=O)c2ccc(C(=O)NCC3CCCN3)s2)CC1. The Hall–Kier alpha value is -0.960. The van der Waals surface area contributed by atoms with Crippen molar-refractivity contribution in [3.05, 3.63) is 17.0 Å². The highest BCUT2D eigenvalue weighted by Crippen LogP contribution is 2.28. The van der Waals surface area contributed by atoms with Crippen LogP contribution in [0.5, 0.6) is 0 Å². The summed E-state index contributed by atoms with van der Waals surface area (Å²) in [5.74, 6) is 0.382. The van der Waals surface area contributed by atoms with Gasteiger partial charge in [0, 0.05) is 25.7 Å². The number of amides is 1. The maximum Gasteiger partial charge on any atom is 0.261 e. The molecule has 1 aromatic rings.